The normalized spacial score (nSPS) is 11.6. The van der Waals surface area contributed by atoms with Crippen molar-refractivity contribution in [1.29, 1.82) is 0 Å². The van der Waals surface area contributed by atoms with E-state index >= 15 is 0 Å². The van der Waals surface area contributed by atoms with E-state index in [2.05, 4.69) is 167 Å². The molecular weight excluding hydrogens is 700 g/mol. The second-order valence-corrected chi connectivity index (χ2v) is 14.4. The van der Waals surface area contributed by atoms with Gasteiger partial charge in [-0.15, -0.1) is 0 Å². The summed E-state index contributed by atoms with van der Waals surface area (Å²) in [6.45, 7) is 0. The molecule has 11 aromatic rings. The molecule has 0 aliphatic rings. The zero-order chi connectivity index (χ0) is 37.9. The molecule has 0 amide bonds. The molecule has 0 aliphatic heterocycles. The number of para-hydroxylation sites is 3. The monoisotopic (exact) mass is 732 g/mol. The van der Waals surface area contributed by atoms with Gasteiger partial charge in [0.15, 0.2) is 0 Å². The first-order chi connectivity index (χ1) is 28.2. The molecule has 0 fully saturated rings. The molecule has 0 spiro atoms. The Balaban J connectivity index is 1.06. The quantitative estimate of drug-likeness (QED) is 0.171. The lowest BCUT2D eigenvalue weighted by Crippen LogP contribution is -2.04. The van der Waals surface area contributed by atoms with Gasteiger partial charge in [-0.25, -0.2) is 14.4 Å². The largest absolute Gasteiger partial charge is 0.309 e. The zero-order valence-corrected chi connectivity index (χ0v) is 30.7. The third kappa shape index (κ3) is 5.59. The van der Waals surface area contributed by atoms with Crippen LogP contribution in [0.2, 0.25) is 0 Å². The number of hydrogen-bond donors (Lipinski definition) is 0. The molecule has 268 valence electrons. The van der Waals surface area contributed by atoms with Crippen molar-refractivity contribution in [3.63, 3.8) is 0 Å². The van der Waals surface area contributed by atoms with Crippen molar-refractivity contribution < 1.29 is 4.39 Å². The first-order valence-electron chi connectivity index (χ1n) is 19.1. The SMILES string of the molecule is Fc1ccc(-c2ccc(-c3cc(-c4ccccc4)nc(-n4c5ccccc5c5cc(-c6ccc7c(c6)c6ccccc6n7-c6ccccc6)ccc54)n3)cc2)cc1. The van der Waals surface area contributed by atoms with Crippen LogP contribution in [-0.2, 0) is 0 Å². The molecule has 0 N–H and O–H groups in total. The van der Waals surface area contributed by atoms with E-state index in [-0.39, 0.29) is 5.82 Å². The Morgan fingerprint density at radius 3 is 1.33 bits per heavy atom. The van der Waals surface area contributed by atoms with Crippen molar-refractivity contribution in [3.8, 4) is 56.4 Å². The van der Waals surface area contributed by atoms with Gasteiger partial charge < -0.3 is 4.57 Å². The van der Waals surface area contributed by atoms with Gasteiger partial charge >= 0.3 is 0 Å². The van der Waals surface area contributed by atoms with E-state index in [0.29, 0.717) is 5.95 Å². The van der Waals surface area contributed by atoms with Crippen molar-refractivity contribution in [2.75, 3.05) is 0 Å². The molecule has 0 unspecified atom stereocenters. The first-order valence-corrected chi connectivity index (χ1v) is 19.1. The second-order valence-electron chi connectivity index (χ2n) is 14.4. The average Bonchev–Trinajstić information content (AvgIpc) is 3.79. The fourth-order valence-electron chi connectivity index (χ4n) is 8.29. The summed E-state index contributed by atoms with van der Waals surface area (Å²) < 4.78 is 18.2. The Kier molecular flexibility index (Phi) is 7.64. The Labute approximate surface area is 328 Å². The smallest absolute Gasteiger partial charge is 0.235 e. The highest BCUT2D eigenvalue weighted by Gasteiger charge is 2.19. The van der Waals surface area contributed by atoms with E-state index < -0.39 is 0 Å². The topological polar surface area (TPSA) is 35.6 Å². The van der Waals surface area contributed by atoms with Gasteiger partial charge in [0.25, 0.3) is 0 Å². The highest BCUT2D eigenvalue weighted by Crippen LogP contribution is 2.38. The molecule has 4 nitrogen and oxygen atoms in total. The van der Waals surface area contributed by atoms with Crippen molar-refractivity contribution in [2.45, 2.75) is 0 Å². The Morgan fingerprint density at radius 2 is 0.737 bits per heavy atom. The standard InChI is InChI=1S/C52H33FN4/c53-40-27-23-35(24-28-40)34-19-21-37(22-20-34)47-33-46(36-11-3-1-4-12-36)54-52(55-47)57-49-18-10-8-16-43(49)45-32-39(26-30-51(45)57)38-25-29-50-44(31-38)42-15-7-9-17-48(42)56(50)41-13-5-2-6-14-41/h1-33H. The van der Waals surface area contributed by atoms with Crippen LogP contribution >= 0.6 is 0 Å². The van der Waals surface area contributed by atoms with Gasteiger partial charge in [0.2, 0.25) is 5.95 Å². The van der Waals surface area contributed by atoms with Crippen molar-refractivity contribution in [1.82, 2.24) is 19.1 Å². The summed E-state index contributed by atoms with van der Waals surface area (Å²) in [6, 6.07) is 68.4. The molecule has 57 heavy (non-hydrogen) atoms. The molecule has 0 atom stereocenters. The minimum absolute atomic E-state index is 0.247. The van der Waals surface area contributed by atoms with Crippen LogP contribution in [0.15, 0.2) is 200 Å². The summed E-state index contributed by atoms with van der Waals surface area (Å²) in [5.74, 6) is 0.353. The fraction of sp³-hybridized carbons (Fsp3) is 0. The minimum Gasteiger partial charge on any atom is -0.309 e. The number of rotatable bonds is 6. The Morgan fingerprint density at radius 1 is 0.316 bits per heavy atom. The van der Waals surface area contributed by atoms with Crippen LogP contribution in [0.3, 0.4) is 0 Å². The minimum atomic E-state index is -0.247. The Hall–Kier alpha value is -7.63. The second kappa shape index (κ2) is 13.3. The fourth-order valence-corrected chi connectivity index (χ4v) is 8.29. The van der Waals surface area contributed by atoms with E-state index in [1.165, 1.54) is 33.9 Å². The van der Waals surface area contributed by atoms with Gasteiger partial charge in [-0.05, 0) is 89.0 Å². The van der Waals surface area contributed by atoms with Gasteiger partial charge in [-0.2, -0.15) is 0 Å². The summed E-state index contributed by atoms with van der Waals surface area (Å²) in [4.78, 5) is 10.5. The third-order valence-electron chi connectivity index (χ3n) is 11.0. The molecule has 0 bridgehead atoms. The van der Waals surface area contributed by atoms with Crippen LogP contribution in [0.1, 0.15) is 0 Å². The number of halogens is 1. The average molecular weight is 733 g/mol. The molecule has 5 heteroatoms. The maximum Gasteiger partial charge on any atom is 0.235 e. The molecule has 0 radical (unpaired) electrons. The number of fused-ring (bicyclic) bond motifs is 6. The van der Waals surface area contributed by atoms with Crippen molar-refractivity contribution in [3.05, 3.63) is 206 Å². The van der Waals surface area contributed by atoms with Crippen LogP contribution in [0.4, 0.5) is 4.39 Å². The highest BCUT2D eigenvalue weighted by atomic mass is 19.1. The number of hydrogen-bond acceptors (Lipinski definition) is 2. The van der Waals surface area contributed by atoms with Crippen LogP contribution in [0.5, 0.6) is 0 Å². The maximum absolute atomic E-state index is 13.6. The lowest BCUT2D eigenvalue weighted by atomic mass is 10.0. The molecule has 3 heterocycles. The zero-order valence-electron chi connectivity index (χ0n) is 30.7. The van der Waals surface area contributed by atoms with E-state index in [9.17, 15) is 4.39 Å². The number of nitrogens with zero attached hydrogens (tertiary/aromatic N) is 4. The van der Waals surface area contributed by atoms with Crippen molar-refractivity contribution in [2.24, 2.45) is 0 Å². The van der Waals surface area contributed by atoms with Gasteiger partial charge in [0, 0.05) is 38.4 Å². The third-order valence-corrected chi connectivity index (χ3v) is 11.0. The predicted octanol–water partition coefficient (Wildman–Crippen LogP) is 13.5. The summed E-state index contributed by atoms with van der Waals surface area (Å²) in [5, 5.41) is 4.72. The summed E-state index contributed by atoms with van der Waals surface area (Å²) in [5.41, 5.74) is 13.5. The molecule has 0 aliphatic carbocycles. The lowest BCUT2D eigenvalue weighted by Gasteiger charge is -2.12. The number of benzene rings is 8. The van der Waals surface area contributed by atoms with E-state index in [1.807, 2.05) is 18.2 Å². The molecule has 0 saturated carbocycles. The van der Waals surface area contributed by atoms with E-state index in [1.54, 1.807) is 12.1 Å². The highest BCUT2D eigenvalue weighted by molar-refractivity contribution is 6.12. The summed E-state index contributed by atoms with van der Waals surface area (Å²) in [7, 11) is 0. The van der Waals surface area contributed by atoms with Gasteiger partial charge in [-0.1, -0.05) is 133 Å². The van der Waals surface area contributed by atoms with Crippen molar-refractivity contribution >= 4 is 43.6 Å². The molecule has 3 aromatic heterocycles. The van der Waals surface area contributed by atoms with E-state index in [0.717, 1.165) is 72.3 Å². The molecule has 8 aromatic carbocycles. The van der Waals surface area contributed by atoms with Gasteiger partial charge in [0.1, 0.15) is 5.82 Å². The van der Waals surface area contributed by atoms with Gasteiger partial charge in [0.05, 0.1) is 33.5 Å². The maximum atomic E-state index is 13.6. The first kappa shape index (κ1) is 32.8. The Bertz CT molecular complexity index is 3270. The number of aromatic nitrogens is 4. The van der Waals surface area contributed by atoms with Crippen LogP contribution in [-0.4, -0.2) is 19.1 Å². The van der Waals surface area contributed by atoms with E-state index in [4.69, 9.17) is 9.97 Å². The van der Waals surface area contributed by atoms with Crippen LogP contribution < -0.4 is 0 Å². The summed E-state index contributed by atoms with van der Waals surface area (Å²) >= 11 is 0. The van der Waals surface area contributed by atoms with Crippen LogP contribution in [0, 0.1) is 5.82 Å². The lowest BCUT2D eigenvalue weighted by molar-refractivity contribution is 0.628. The predicted molar refractivity (Wildman–Crippen MR) is 232 cm³/mol. The van der Waals surface area contributed by atoms with Gasteiger partial charge in [-0.3, -0.25) is 4.57 Å². The molecule has 0 saturated heterocycles. The molecular formula is C52H33FN4. The molecule has 11 rings (SSSR count). The summed E-state index contributed by atoms with van der Waals surface area (Å²) in [6.07, 6.45) is 0. The van der Waals surface area contributed by atoms with Crippen LogP contribution in [0.25, 0.3) is 100 Å².